The summed E-state index contributed by atoms with van der Waals surface area (Å²) in [7, 11) is 0. The second-order valence-corrected chi connectivity index (χ2v) is 6.86. The predicted molar refractivity (Wildman–Crippen MR) is 99.8 cm³/mol. The summed E-state index contributed by atoms with van der Waals surface area (Å²) in [6.07, 6.45) is -3.76. The van der Waals surface area contributed by atoms with Gasteiger partial charge >= 0.3 is 6.18 Å². The molecule has 0 aliphatic heterocycles. The van der Waals surface area contributed by atoms with Crippen molar-refractivity contribution in [3.63, 3.8) is 0 Å². The Morgan fingerprint density at radius 2 is 1.65 bits per heavy atom. The average Bonchev–Trinajstić information content (AvgIpc) is 2.53. The first kappa shape index (κ1) is 22.2. The summed E-state index contributed by atoms with van der Waals surface area (Å²) >= 11 is 0. The summed E-state index contributed by atoms with van der Waals surface area (Å²) in [5.41, 5.74) is -0.00363. The van der Waals surface area contributed by atoms with Crippen LogP contribution in [0.15, 0.2) is 54.6 Å². The Bertz CT molecular complexity index is 729. The highest BCUT2D eigenvalue weighted by Gasteiger charge is 2.32. The van der Waals surface area contributed by atoms with Crippen LogP contribution in [0.5, 0.6) is 0 Å². The van der Waals surface area contributed by atoms with E-state index < -0.39 is 17.8 Å². The summed E-state index contributed by atoms with van der Waals surface area (Å²) in [5, 5.41) is 3.23. The van der Waals surface area contributed by atoms with Crippen molar-refractivity contribution in [3.8, 4) is 0 Å². The van der Waals surface area contributed by atoms with Crippen molar-refractivity contribution in [1.82, 2.24) is 5.32 Å². The van der Waals surface area contributed by atoms with Crippen LogP contribution >= 0.6 is 12.4 Å². The molecule has 2 aromatic carbocycles. The number of nitrogens with one attached hydrogen (secondary N) is 1. The van der Waals surface area contributed by atoms with Gasteiger partial charge in [-0.15, -0.1) is 12.4 Å². The molecule has 2 rings (SSSR count). The SMILES string of the molecule is CC(NC(C)(C)Cc1ccccc1)C(=O)c1cccc(C(F)(F)F)c1.Cl. The molecule has 1 N–H and O–H groups in total. The monoisotopic (exact) mass is 385 g/mol. The Hall–Kier alpha value is -1.85. The molecule has 0 radical (unpaired) electrons. The Morgan fingerprint density at radius 3 is 2.23 bits per heavy atom. The molecule has 0 aromatic heterocycles. The fourth-order valence-electron chi connectivity index (χ4n) is 2.91. The largest absolute Gasteiger partial charge is 0.416 e. The molecule has 26 heavy (non-hydrogen) atoms. The van der Waals surface area contributed by atoms with Crippen molar-refractivity contribution in [2.24, 2.45) is 0 Å². The van der Waals surface area contributed by atoms with Gasteiger partial charge in [-0.3, -0.25) is 4.79 Å². The molecule has 0 amide bonds. The third-order valence-corrected chi connectivity index (χ3v) is 3.96. The number of Topliss-reactive ketones (excluding diaryl/α,β-unsaturated/α-hetero) is 1. The van der Waals surface area contributed by atoms with Gasteiger partial charge in [-0.1, -0.05) is 42.5 Å². The van der Waals surface area contributed by atoms with E-state index in [-0.39, 0.29) is 29.3 Å². The van der Waals surface area contributed by atoms with Crippen LogP contribution in [0.1, 0.15) is 42.3 Å². The standard InChI is InChI=1S/C20H22F3NO.ClH/c1-14(24-19(2,3)13-15-8-5-4-6-9-15)18(25)16-10-7-11-17(12-16)20(21,22)23;/h4-12,14,24H,13H2,1-3H3;1H. The Balaban J connectivity index is 0.00000338. The van der Waals surface area contributed by atoms with E-state index in [9.17, 15) is 18.0 Å². The Kier molecular flexibility index (Phi) is 7.42. The van der Waals surface area contributed by atoms with Crippen molar-refractivity contribution in [2.45, 2.75) is 44.9 Å². The molecule has 2 aromatic rings. The van der Waals surface area contributed by atoms with Crippen LogP contribution in [0.25, 0.3) is 0 Å². The van der Waals surface area contributed by atoms with Crippen molar-refractivity contribution in [1.29, 1.82) is 0 Å². The van der Waals surface area contributed by atoms with E-state index in [1.54, 1.807) is 6.92 Å². The lowest BCUT2D eigenvalue weighted by molar-refractivity contribution is -0.137. The molecule has 0 saturated carbocycles. The van der Waals surface area contributed by atoms with E-state index in [0.717, 1.165) is 17.7 Å². The van der Waals surface area contributed by atoms with Gasteiger partial charge in [0.1, 0.15) is 0 Å². The molecule has 0 fully saturated rings. The topological polar surface area (TPSA) is 29.1 Å². The number of rotatable bonds is 6. The van der Waals surface area contributed by atoms with Crippen LogP contribution in [0.3, 0.4) is 0 Å². The minimum absolute atomic E-state index is 0. The number of halogens is 4. The lowest BCUT2D eigenvalue weighted by atomic mass is 9.92. The van der Waals surface area contributed by atoms with Crippen LogP contribution in [0.4, 0.5) is 13.2 Å². The van der Waals surface area contributed by atoms with Crippen molar-refractivity contribution < 1.29 is 18.0 Å². The van der Waals surface area contributed by atoms with E-state index in [4.69, 9.17) is 0 Å². The van der Waals surface area contributed by atoms with Crippen molar-refractivity contribution in [3.05, 3.63) is 71.3 Å². The zero-order chi connectivity index (χ0) is 18.7. The lowest BCUT2D eigenvalue weighted by Crippen LogP contribution is -2.49. The number of hydrogen-bond acceptors (Lipinski definition) is 2. The highest BCUT2D eigenvalue weighted by molar-refractivity contribution is 6.00. The summed E-state index contributed by atoms with van der Waals surface area (Å²) in [4.78, 5) is 12.5. The van der Waals surface area contributed by atoms with E-state index in [1.165, 1.54) is 12.1 Å². The van der Waals surface area contributed by atoms with E-state index in [2.05, 4.69) is 5.32 Å². The molecular formula is C20H23ClF3NO. The fourth-order valence-corrected chi connectivity index (χ4v) is 2.91. The number of benzene rings is 2. The minimum Gasteiger partial charge on any atom is -0.302 e. The molecular weight excluding hydrogens is 363 g/mol. The molecule has 0 saturated heterocycles. The summed E-state index contributed by atoms with van der Waals surface area (Å²) in [5.74, 6) is -0.354. The molecule has 2 nitrogen and oxygen atoms in total. The van der Waals surface area contributed by atoms with Crippen molar-refractivity contribution in [2.75, 3.05) is 0 Å². The van der Waals surface area contributed by atoms with Gasteiger partial charge in [0.2, 0.25) is 0 Å². The zero-order valence-corrected chi connectivity index (χ0v) is 15.7. The van der Waals surface area contributed by atoms with Gasteiger partial charge in [-0.25, -0.2) is 0 Å². The third-order valence-electron chi connectivity index (χ3n) is 3.96. The summed E-state index contributed by atoms with van der Waals surface area (Å²) < 4.78 is 38.5. The molecule has 0 aliphatic rings. The Labute approximate surface area is 158 Å². The average molecular weight is 386 g/mol. The maximum Gasteiger partial charge on any atom is 0.416 e. The fraction of sp³-hybridized carbons (Fsp3) is 0.350. The molecule has 0 bridgehead atoms. The molecule has 0 aliphatic carbocycles. The normalized spacial score (nSPS) is 13.0. The van der Waals surface area contributed by atoms with Crippen LogP contribution in [0, 0.1) is 0 Å². The summed E-state index contributed by atoms with van der Waals surface area (Å²) in [6.45, 7) is 5.61. The van der Waals surface area contributed by atoms with Gasteiger partial charge in [-0.2, -0.15) is 13.2 Å². The minimum atomic E-state index is -4.46. The molecule has 1 atom stereocenters. The lowest BCUT2D eigenvalue weighted by Gasteiger charge is -2.30. The van der Waals surface area contributed by atoms with Gasteiger partial charge in [0.05, 0.1) is 11.6 Å². The van der Waals surface area contributed by atoms with Gasteiger partial charge < -0.3 is 5.32 Å². The quantitative estimate of drug-likeness (QED) is 0.683. The van der Waals surface area contributed by atoms with Crippen LogP contribution < -0.4 is 5.32 Å². The second kappa shape index (κ2) is 8.69. The van der Waals surface area contributed by atoms with Gasteiger partial charge in [0.15, 0.2) is 5.78 Å². The first-order valence-corrected chi connectivity index (χ1v) is 8.11. The number of hydrogen-bond donors (Lipinski definition) is 1. The van der Waals surface area contributed by atoms with Crippen LogP contribution in [-0.2, 0) is 12.6 Å². The molecule has 0 spiro atoms. The van der Waals surface area contributed by atoms with E-state index in [0.29, 0.717) is 6.42 Å². The predicted octanol–water partition coefficient (Wildman–Crippen LogP) is 5.31. The van der Waals surface area contributed by atoms with Gasteiger partial charge in [-0.05, 0) is 44.9 Å². The number of ketones is 1. The highest BCUT2D eigenvalue weighted by atomic mass is 35.5. The highest BCUT2D eigenvalue weighted by Crippen LogP contribution is 2.29. The van der Waals surface area contributed by atoms with E-state index in [1.807, 2.05) is 44.2 Å². The maximum absolute atomic E-state index is 12.8. The molecule has 0 heterocycles. The third kappa shape index (κ3) is 6.15. The number of alkyl halides is 3. The first-order valence-electron chi connectivity index (χ1n) is 8.11. The van der Waals surface area contributed by atoms with E-state index >= 15 is 0 Å². The second-order valence-electron chi connectivity index (χ2n) is 6.86. The molecule has 142 valence electrons. The zero-order valence-electron chi connectivity index (χ0n) is 14.9. The van der Waals surface area contributed by atoms with Gasteiger partial charge in [0, 0.05) is 11.1 Å². The maximum atomic E-state index is 12.8. The smallest absolute Gasteiger partial charge is 0.302 e. The Morgan fingerprint density at radius 1 is 1.04 bits per heavy atom. The molecule has 6 heteroatoms. The van der Waals surface area contributed by atoms with Crippen LogP contribution in [0.2, 0.25) is 0 Å². The first-order chi connectivity index (χ1) is 11.6. The number of carbonyl (C=O) groups is 1. The summed E-state index contributed by atoms with van der Waals surface area (Å²) in [6, 6.07) is 13.8. The molecule has 1 unspecified atom stereocenters. The van der Waals surface area contributed by atoms with Gasteiger partial charge in [0.25, 0.3) is 0 Å². The van der Waals surface area contributed by atoms with Crippen LogP contribution in [-0.4, -0.2) is 17.4 Å². The number of carbonyl (C=O) groups excluding carboxylic acids is 1. The van der Waals surface area contributed by atoms with Crippen molar-refractivity contribution >= 4 is 18.2 Å².